The minimum absolute atomic E-state index is 0.167. The van der Waals surface area contributed by atoms with Gasteiger partial charge in [-0.3, -0.25) is 4.79 Å². The number of nitrogens with one attached hydrogen (secondary N) is 1. The predicted molar refractivity (Wildman–Crippen MR) is 121 cm³/mol. The highest BCUT2D eigenvalue weighted by Gasteiger charge is 2.24. The molecule has 0 fully saturated rings. The zero-order valence-corrected chi connectivity index (χ0v) is 19.0. The molecule has 0 unspecified atom stereocenters. The molecule has 12 heteroatoms. The molecule has 1 aromatic carbocycles. The van der Waals surface area contributed by atoms with Gasteiger partial charge in [0.15, 0.2) is 6.61 Å². The summed E-state index contributed by atoms with van der Waals surface area (Å²) in [5, 5.41) is 15.4. The Balaban J connectivity index is 1.45. The van der Waals surface area contributed by atoms with Gasteiger partial charge in [-0.1, -0.05) is 6.07 Å². The predicted octanol–water partition coefficient (Wildman–Crippen LogP) is 3.26. The number of aromatic nitrogens is 4. The molecule has 0 radical (unpaired) electrons. The van der Waals surface area contributed by atoms with E-state index in [1.165, 1.54) is 17.1 Å². The third kappa shape index (κ3) is 5.02. The monoisotopic (exact) mass is 481 g/mol. The first-order chi connectivity index (χ1) is 16.5. The van der Waals surface area contributed by atoms with Crippen molar-refractivity contribution in [3.05, 3.63) is 65.0 Å². The highest BCUT2D eigenvalue weighted by molar-refractivity contribution is 7.15. The second-order valence-corrected chi connectivity index (χ2v) is 7.79. The van der Waals surface area contributed by atoms with Gasteiger partial charge in [0, 0.05) is 10.9 Å². The summed E-state index contributed by atoms with van der Waals surface area (Å²) in [6.45, 7) is 3.09. The Kier molecular flexibility index (Phi) is 6.78. The Morgan fingerprint density at radius 3 is 2.71 bits per heavy atom. The maximum atomic E-state index is 12.6. The lowest BCUT2D eigenvalue weighted by Crippen LogP contribution is -2.21. The summed E-state index contributed by atoms with van der Waals surface area (Å²) >= 11 is 1.14. The number of amides is 1. The normalized spacial score (nSPS) is 10.6. The molecule has 1 amide bonds. The fourth-order valence-corrected chi connectivity index (χ4v) is 4.00. The number of tetrazole rings is 1. The van der Waals surface area contributed by atoms with Gasteiger partial charge in [0.2, 0.25) is 0 Å². The Morgan fingerprint density at radius 2 is 2.00 bits per heavy atom. The van der Waals surface area contributed by atoms with Crippen LogP contribution in [0.15, 0.2) is 52.5 Å². The first kappa shape index (κ1) is 22.9. The number of hydrogen-bond acceptors (Lipinski definition) is 10. The Hall–Kier alpha value is -4.32. The molecule has 3 heterocycles. The molecule has 0 saturated carbocycles. The molecule has 11 nitrogen and oxygen atoms in total. The van der Waals surface area contributed by atoms with Crippen molar-refractivity contribution in [2.45, 2.75) is 13.8 Å². The summed E-state index contributed by atoms with van der Waals surface area (Å²) in [5.74, 6) is -0.753. The van der Waals surface area contributed by atoms with Crippen LogP contribution in [0.4, 0.5) is 5.00 Å². The SMILES string of the molecule is CCOC(=O)c1c(-c2ccc(C)o2)csc1NC(=O)COC(=O)c1cccc(-n2cnnn2)c1. The molecule has 174 valence electrons. The van der Waals surface area contributed by atoms with Crippen LogP contribution >= 0.6 is 11.3 Å². The van der Waals surface area contributed by atoms with Crippen molar-refractivity contribution < 1.29 is 28.3 Å². The van der Waals surface area contributed by atoms with Gasteiger partial charge in [-0.15, -0.1) is 16.4 Å². The van der Waals surface area contributed by atoms with Crippen LogP contribution in [0.2, 0.25) is 0 Å². The van der Waals surface area contributed by atoms with Crippen molar-refractivity contribution in [1.29, 1.82) is 0 Å². The number of carbonyl (C=O) groups excluding carboxylic acids is 3. The van der Waals surface area contributed by atoms with Crippen LogP contribution in [0.1, 0.15) is 33.4 Å². The zero-order valence-electron chi connectivity index (χ0n) is 18.2. The van der Waals surface area contributed by atoms with Crippen molar-refractivity contribution in [2.75, 3.05) is 18.5 Å². The van der Waals surface area contributed by atoms with Crippen LogP contribution < -0.4 is 5.32 Å². The van der Waals surface area contributed by atoms with Gasteiger partial charge in [-0.05, 0) is 54.6 Å². The third-order valence-corrected chi connectivity index (χ3v) is 5.45. The van der Waals surface area contributed by atoms with Crippen molar-refractivity contribution in [1.82, 2.24) is 20.2 Å². The van der Waals surface area contributed by atoms with Crippen LogP contribution in [0, 0.1) is 6.92 Å². The Bertz CT molecular complexity index is 1330. The van der Waals surface area contributed by atoms with E-state index in [1.54, 1.807) is 49.6 Å². The molecule has 0 aliphatic heterocycles. The standard InChI is InChI=1S/C22H19N5O6S/c1-3-31-22(30)19-16(17-8-7-13(2)33-17)11-34-20(19)24-18(28)10-32-21(29)14-5-4-6-15(9-14)27-12-23-25-26-27/h4-9,11-12H,3,10H2,1-2H3,(H,24,28). The summed E-state index contributed by atoms with van der Waals surface area (Å²) in [4.78, 5) is 37.5. The summed E-state index contributed by atoms with van der Waals surface area (Å²) < 4.78 is 17.3. The number of anilines is 1. The number of esters is 2. The lowest BCUT2D eigenvalue weighted by Gasteiger charge is -2.09. The minimum atomic E-state index is -0.700. The van der Waals surface area contributed by atoms with Crippen molar-refractivity contribution in [2.24, 2.45) is 0 Å². The highest BCUT2D eigenvalue weighted by atomic mass is 32.1. The quantitative estimate of drug-likeness (QED) is 0.376. The molecule has 0 saturated heterocycles. The van der Waals surface area contributed by atoms with E-state index in [0.717, 1.165) is 11.3 Å². The van der Waals surface area contributed by atoms with Gasteiger partial charge in [0.05, 0.1) is 17.9 Å². The van der Waals surface area contributed by atoms with Crippen LogP contribution in [0.25, 0.3) is 17.0 Å². The lowest BCUT2D eigenvalue weighted by atomic mass is 10.1. The number of nitrogens with zero attached hydrogens (tertiary/aromatic N) is 4. The summed E-state index contributed by atoms with van der Waals surface area (Å²) in [6.07, 6.45) is 1.39. The Morgan fingerprint density at radius 1 is 1.15 bits per heavy atom. The second-order valence-electron chi connectivity index (χ2n) is 6.91. The molecule has 0 atom stereocenters. The molecule has 0 bridgehead atoms. The van der Waals surface area contributed by atoms with Gasteiger partial charge in [-0.25, -0.2) is 14.3 Å². The molecular weight excluding hydrogens is 462 g/mol. The number of aryl methyl sites for hydroxylation is 1. The number of rotatable bonds is 8. The smallest absolute Gasteiger partial charge is 0.341 e. The lowest BCUT2D eigenvalue weighted by molar-refractivity contribution is -0.119. The zero-order chi connectivity index (χ0) is 24.1. The van der Waals surface area contributed by atoms with Gasteiger partial charge in [0.25, 0.3) is 5.91 Å². The van der Waals surface area contributed by atoms with Crippen molar-refractivity contribution >= 4 is 34.2 Å². The third-order valence-electron chi connectivity index (χ3n) is 4.56. The van der Waals surface area contributed by atoms with Crippen molar-refractivity contribution in [3.63, 3.8) is 0 Å². The van der Waals surface area contributed by atoms with Gasteiger partial charge < -0.3 is 19.2 Å². The van der Waals surface area contributed by atoms with Crippen LogP contribution in [-0.2, 0) is 14.3 Å². The molecule has 3 aromatic heterocycles. The van der Waals surface area contributed by atoms with E-state index in [1.807, 2.05) is 0 Å². The topological polar surface area (TPSA) is 138 Å². The van der Waals surface area contributed by atoms with E-state index in [0.29, 0.717) is 22.8 Å². The first-order valence-electron chi connectivity index (χ1n) is 10.1. The average Bonchev–Trinajstić information content (AvgIpc) is 3.59. The van der Waals surface area contributed by atoms with Gasteiger partial charge in [-0.2, -0.15) is 0 Å². The summed E-state index contributed by atoms with van der Waals surface area (Å²) in [6, 6.07) is 9.94. The summed E-state index contributed by atoms with van der Waals surface area (Å²) in [7, 11) is 0. The highest BCUT2D eigenvalue weighted by Crippen LogP contribution is 2.37. The molecule has 0 aliphatic carbocycles. The maximum absolute atomic E-state index is 12.6. The van der Waals surface area contributed by atoms with E-state index >= 15 is 0 Å². The Labute approximate surface area is 197 Å². The number of benzene rings is 1. The molecule has 0 aliphatic rings. The number of ether oxygens (including phenoxy) is 2. The van der Waals surface area contributed by atoms with Crippen LogP contribution in [-0.4, -0.2) is 51.3 Å². The molecular formula is C22H19N5O6S. The molecule has 4 aromatic rings. The number of carbonyl (C=O) groups is 3. The fourth-order valence-electron chi connectivity index (χ4n) is 3.05. The number of furan rings is 1. The first-order valence-corrected chi connectivity index (χ1v) is 11.0. The van der Waals surface area contributed by atoms with Crippen molar-refractivity contribution in [3.8, 4) is 17.0 Å². The minimum Gasteiger partial charge on any atom is -0.462 e. The average molecular weight is 481 g/mol. The molecule has 0 spiro atoms. The molecule has 1 N–H and O–H groups in total. The molecule has 34 heavy (non-hydrogen) atoms. The molecule has 4 rings (SSSR count). The fraction of sp³-hybridized carbons (Fsp3) is 0.182. The maximum Gasteiger partial charge on any atom is 0.341 e. The van der Waals surface area contributed by atoms with E-state index in [4.69, 9.17) is 13.9 Å². The van der Waals surface area contributed by atoms with Gasteiger partial charge >= 0.3 is 11.9 Å². The van der Waals surface area contributed by atoms with Crippen LogP contribution in [0.3, 0.4) is 0 Å². The van der Waals surface area contributed by atoms with Crippen LogP contribution in [0.5, 0.6) is 0 Å². The van der Waals surface area contributed by atoms with E-state index in [9.17, 15) is 14.4 Å². The van der Waals surface area contributed by atoms with E-state index < -0.39 is 24.5 Å². The summed E-state index contributed by atoms with van der Waals surface area (Å²) in [5.41, 5.74) is 1.46. The van der Waals surface area contributed by atoms with E-state index in [2.05, 4.69) is 20.8 Å². The number of hydrogen-bond donors (Lipinski definition) is 1. The second kappa shape index (κ2) is 10.1. The largest absolute Gasteiger partial charge is 0.462 e. The van der Waals surface area contributed by atoms with Gasteiger partial charge in [0.1, 0.15) is 28.4 Å². The van der Waals surface area contributed by atoms with E-state index in [-0.39, 0.29) is 22.7 Å². The number of thiophene rings is 1.